The molecule has 1 aromatic rings. The zero-order valence-corrected chi connectivity index (χ0v) is 7.31. The number of hydrogen-bond donors (Lipinski definition) is 0. The Morgan fingerprint density at radius 1 is 1.36 bits per heavy atom. The second-order valence-corrected chi connectivity index (χ2v) is 3.03. The molecule has 1 aliphatic heterocycles. The molecule has 0 radical (unpaired) electrons. The molecule has 1 heterocycles. The monoisotopic (exact) mass is 193 g/mol. The zero-order chi connectivity index (χ0) is 9.97. The molecule has 0 fully saturated rings. The van der Waals surface area contributed by atoms with Crippen LogP contribution in [0.2, 0.25) is 0 Å². The van der Waals surface area contributed by atoms with Gasteiger partial charge in [0.1, 0.15) is 5.82 Å². The lowest BCUT2D eigenvalue weighted by molar-refractivity contribution is -0.122. The lowest BCUT2D eigenvalue weighted by Crippen LogP contribution is -2.19. The maximum Gasteiger partial charge on any atom is 0.289 e. The van der Waals surface area contributed by atoms with Crippen molar-refractivity contribution in [1.82, 2.24) is 0 Å². The Labute approximate surface area is 80.2 Å². The molecule has 0 saturated heterocycles. The highest BCUT2D eigenvalue weighted by atomic mass is 19.1. The summed E-state index contributed by atoms with van der Waals surface area (Å²) in [6, 6.07) is 5.97. The van der Waals surface area contributed by atoms with E-state index in [0.29, 0.717) is 6.42 Å². The van der Waals surface area contributed by atoms with Gasteiger partial charge in [0.05, 0.1) is 0 Å². The molecule has 1 atom stereocenters. The van der Waals surface area contributed by atoms with Crippen molar-refractivity contribution in [3.8, 4) is 0 Å². The third-order valence-electron chi connectivity index (χ3n) is 2.01. The first kappa shape index (κ1) is 8.87. The van der Waals surface area contributed by atoms with Crippen molar-refractivity contribution in [3.05, 3.63) is 35.6 Å². The number of halogens is 1. The number of ether oxygens (including phenoxy) is 1. The molecule has 2 rings (SSSR count). The molecule has 0 spiro atoms. The summed E-state index contributed by atoms with van der Waals surface area (Å²) in [5.74, 6) is -0.571. The Bertz CT molecular complexity index is 372. The predicted molar refractivity (Wildman–Crippen MR) is 48.5 cm³/mol. The van der Waals surface area contributed by atoms with E-state index in [2.05, 4.69) is 4.99 Å². The summed E-state index contributed by atoms with van der Waals surface area (Å²) in [6.45, 7) is 0. The van der Waals surface area contributed by atoms with Crippen LogP contribution < -0.4 is 0 Å². The van der Waals surface area contributed by atoms with Gasteiger partial charge < -0.3 is 4.74 Å². The zero-order valence-electron chi connectivity index (χ0n) is 7.31. The van der Waals surface area contributed by atoms with Crippen LogP contribution in [0.5, 0.6) is 0 Å². The molecule has 0 bridgehead atoms. The fourth-order valence-electron chi connectivity index (χ4n) is 1.27. The topological polar surface area (TPSA) is 38.7 Å². The Kier molecular flexibility index (Phi) is 2.26. The standard InChI is InChI=1S/C10H8FNO2/c11-8-3-1-7(2-4-8)5-9-10(13)12-6-14-9/h1-4,6,9H,5H2. The molecule has 1 unspecified atom stereocenters. The average Bonchev–Trinajstić information content (AvgIpc) is 2.56. The molecule has 72 valence electrons. The van der Waals surface area contributed by atoms with Gasteiger partial charge in [-0.25, -0.2) is 4.39 Å². The van der Waals surface area contributed by atoms with E-state index in [1.165, 1.54) is 12.1 Å². The van der Waals surface area contributed by atoms with Crippen LogP contribution in [0.1, 0.15) is 5.56 Å². The van der Waals surface area contributed by atoms with Crippen LogP contribution in [-0.2, 0) is 16.0 Å². The van der Waals surface area contributed by atoms with Gasteiger partial charge in [-0.05, 0) is 17.7 Å². The quantitative estimate of drug-likeness (QED) is 0.710. The molecule has 0 saturated carbocycles. The molecule has 1 amide bonds. The predicted octanol–water partition coefficient (Wildman–Crippen LogP) is 1.32. The summed E-state index contributed by atoms with van der Waals surface area (Å²) >= 11 is 0. The third-order valence-corrected chi connectivity index (χ3v) is 2.01. The Hall–Kier alpha value is -1.71. The minimum absolute atomic E-state index is 0.283. The van der Waals surface area contributed by atoms with Crippen molar-refractivity contribution in [2.24, 2.45) is 4.99 Å². The Morgan fingerprint density at radius 2 is 2.07 bits per heavy atom. The lowest BCUT2D eigenvalue weighted by atomic mass is 10.1. The molecular weight excluding hydrogens is 185 g/mol. The van der Waals surface area contributed by atoms with Gasteiger partial charge in [0, 0.05) is 6.42 Å². The van der Waals surface area contributed by atoms with Gasteiger partial charge in [-0.15, -0.1) is 0 Å². The second-order valence-electron chi connectivity index (χ2n) is 3.03. The number of aliphatic imine (C=N–C) groups is 1. The van der Waals surface area contributed by atoms with Crippen molar-refractivity contribution in [1.29, 1.82) is 0 Å². The van der Waals surface area contributed by atoms with E-state index in [-0.39, 0.29) is 11.7 Å². The smallest absolute Gasteiger partial charge is 0.289 e. The van der Waals surface area contributed by atoms with Crippen molar-refractivity contribution in [2.75, 3.05) is 0 Å². The minimum Gasteiger partial charge on any atom is -0.470 e. The van der Waals surface area contributed by atoms with Gasteiger partial charge >= 0.3 is 0 Å². The van der Waals surface area contributed by atoms with Gasteiger partial charge in [0.2, 0.25) is 0 Å². The fourth-order valence-corrected chi connectivity index (χ4v) is 1.27. The summed E-state index contributed by atoms with van der Waals surface area (Å²) in [7, 11) is 0. The van der Waals surface area contributed by atoms with E-state index in [4.69, 9.17) is 4.74 Å². The molecule has 1 aromatic carbocycles. The maximum atomic E-state index is 12.6. The summed E-state index contributed by atoms with van der Waals surface area (Å²) in [5, 5.41) is 0. The van der Waals surface area contributed by atoms with Crippen LogP contribution in [0.3, 0.4) is 0 Å². The van der Waals surface area contributed by atoms with E-state index < -0.39 is 6.10 Å². The number of benzene rings is 1. The van der Waals surface area contributed by atoms with Crippen molar-refractivity contribution < 1.29 is 13.9 Å². The first-order valence-electron chi connectivity index (χ1n) is 4.22. The van der Waals surface area contributed by atoms with Crippen LogP contribution in [0.15, 0.2) is 29.3 Å². The summed E-state index contributed by atoms with van der Waals surface area (Å²) < 4.78 is 17.5. The van der Waals surface area contributed by atoms with Gasteiger partial charge in [-0.1, -0.05) is 12.1 Å². The van der Waals surface area contributed by atoms with Crippen molar-refractivity contribution >= 4 is 12.3 Å². The SMILES string of the molecule is O=C1N=COC1Cc1ccc(F)cc1. The molecule has 0 N–H and O–H groups in total. The number of amides is 1. The normalized spacial score (nSPS) is 19.8. The maximum absolute atomic E-state index is 12.6. The summed E-state index contributed by atoms with van der Waals surface area (Å²) in [4.78, 5) is 14.5. The van der Waals surface area contributed by atoms with Crippen LogP contribution in [0.4, 0.5) is 4.39 Å². The molecule has 0 aromatic heterocycles. The number of carbonyl (C=O) groups excluding carboxylic acids is 1. The first-order chi connectivity index (χ1) is 6.75. The van der Waals surface area contributed by atoms with Crippen molar-refractivity contribution in [3.63, 3.8) is 0 Å². The lowest BCUT2D eigenvalue weighted by Gasteiger charge is -2.06. The number of rotatable bonds is 2. The highest BCUT2D eigenvalue weighted by molar-refractivity contribution is 5.91. The van der Waals surface area contributed by atoms with Gasteiger partial charge in [0.15, 0.2) is 12.5 Å². The fraction of sp³-hybridized carbons (Fsp3) is 0.200. The molecule has 4 heteroatoms. The average molecular weight is 193 g/mol. The van der Waals surface area contributed by atoms with Gasteiger partial charge in [-0.2, -0.15) is 4.99 Å². The molecular formula is C10H8FNO2. The number of hydrogen-bond acceptors (Lipinski definition) is 2. The highest BCUT2D eigenvalue weighted by Crippen LogP contribution is 2.11. The van der Waals surface area contributed by atoms with E-state index in [0.717, 1.165) is 12.0 Å². The third kappa shape index (κ3) is 1.79. The van der Waals surface area contributed by atoms with E-state index in [9.17, 15) is 9.18 Å². The minimum atomic E-state index is -0.541. The second kappa shape index (κ2) is 3.57. The van der Waals surface area contributed by atoms with Crippen LogP contribution in [-0.4, -0.2) is 18.4 Å². The Balaban J connectivity index is 2.04. The molecule has 14 heavy (non-hydrogen) atoms. The number of carbonyl (C=O) groups is 1. The highest BCUT2D eigenvalue weighted by Gasteiger charge is 2.23. The first-order valence-corrected chi connectivity index (χ1v) is 4.22. The largest absolute Gasteiger partial charge is 0.470 e. The molecule has 1 aliphatic rings. The van der Waals surface area contributed by atoms with Gasteiger partial charge in [0.25, 0.3) is 5.91 Å². The van der Waals surface area contributed by atoms with Gasteiger partial charge in [-0.3, -0.25) is 4.79 Å². The Morgan fingerprint density at radius 3 is 2.64 bits per heavy atom. The van der Waals surface area contributed by atoms with E-state index in [1.807, 2.05) is 0 Å². The van der Waals surface area contributed by atoms with E-state index in [1.54, 1.807) is 12.1 Å². The summed E-state index contributed by atoms with van der Waals surface area (Å²) in [6.07, 6.45) is 1.04. The number of nitrogens with zero attached hydrogens (tertiary/aromatic N) is 1. The van der Waals surface area contributed by atoms with E-state index >= 15 is 0 Å². The summed E-state index contributed by atoms with van der Waals surface area (Å²) in [5.41, 5.74) is 0.857. The van der Waals surface area contributed by atoms with Crippen LogP contribution in [0, 0.1) is 5.82 Å². The van der Waals surface area contributed by atoms with Crippen LogP contribution >= 0.6 is 0 Å². The molecule has 0 aliphatic carbocycles. The van der Waals surface area contributed by atoms with Crippen LogP contribution in [0.25, 0.3) is 0 Å². The molecule has 3 nitrogen and oxygen atoms in total. The van der Waals surface area contributed by atoms with Crippen molar-refractivity contribution in [2.45, 2.75) is 12.5 Å².